The van der Waals surface area contributed by atoms with Crippen LogP contribution in [0.4, 0.5) is 0 Å². The summed E-state index contributed by atoms with van der Waals surface area (Å²) in [5.74, 6) is 4.38. The van der Waals surface area contributed by atoms with E-state index in [2.05, 4.69) is 39.8 Å². The molecule has 4 saturated carbocycles. The van der Waals surface area contributed by atoms with Crippen molar-refractivity contribution >= 4 is 0 Å². The van der Waals surface area contributed by atoms with Gasteiger partial charge in [0.1, 0.15) is 0 Å². The lowest BCUT2D eigenvalue weighted by atomic mass is 9.43. The van der Waals surface area contributed by atoms with E-state index < -0.39 is 0 Å². The van der Waals surface area contributed by atoms with Crippen molar-refractivity contribution in [2.75, 3.05) is 14.1 Å². The van der Waals surface area contributed by atoms with Crippen LogP contribution in [0.2, 0.25) is 0 Å². The van der Waals surface area contributed by atoms with E-state index in [0.29, 0.717) is 10.8 Å². The van der Waals surface area contributed by atoms with E-state index in [1.165, 1.54) is 38.5 Å². The quantitative estimate of drug-likeness (QED) is 0.760. The summed E-state index contributed by atoms with van der Waals surface area (Å²) < 4.78 is 0. The van der Waals surface area contributed by atoms with E-state index in [9.17, 15) is 5.11 Å². The van der Waals surface area contributed by atoms with Crippen LogP contribution in [0.1, 0.15) is 72.1 Å². The van der Waals surface area contributed by atoms with Crippen LogP contribution < -0.4 is 0 Å². The molecule has 4 aliphatic rings. The molecular weight excluding hydrogens is 294 g/mol. The summed E-state index contributed by atoms with van der Waals surface area (Å²) in [6.45, 7) is 7.76. The van der Waals surface area contributed by atoms with Crippen LogP contribution in [0.15, 0.2) is 0 Å². The molecule has 0 aliphatic heterocycles. The van der Waals surface area contributed by atoms with E-state index in [1.807, 2.05) is 0 Å². The van der Waals surface area contributed by atoms with Crippen LogP contribution in [0.25, 0.3) is 0 Å². The molecule has 0 saturated heterocycles. The molecule has 0 aromatic heterocycles. The third kappa shape index (κ3) is 2.28. The van der Waals surface area contributed by atoms with Gasteiger partial charge in [0, 0.05) is 6.04 Å². The number of aliphatic hydroxyl groups is 1. The second kappa shape index (κ2) is 5.71. The molecule has 0 heterocycles. The monoisotopic (exact) mass is 333 g/mol. The van der Waals surface area contributed by atoms with Gasteiger partial charge < -0.3 is 10.0 Å². The Hall–Kier alpha value is -0.0800. The Bertz CT molecular complexity index is 490. The number of rotatable bonds is 1. The number of nitrogens with zero attached hydrogens (tertiary/aromatic N) is 1. The predicted octanol–water partition coefficient (Wildman–Crippen LogP) is 4.57. The molecule has 1 N–H and O–H groups in total. The Morgan fingerprint density at radius 2 is 1.71 bits per heavy atom. The molecule has 4 unspecified atom stereocenters. The molecule has 2 heteroatoms. The third-order valence-corrected chi connectivity index (χ3v) is 9.70. The number of aliphatic hydroxyl groups excluding tert-OH is 1. The Morgan fingerprint density at radius 1 is 0.958 bits per heavy atom. The van der Waals surface area contributed by atoms with E-state index >= 15 is 0 Å². The van der Waals surface area contributed by atoms with Crippen molar-refractivity contribution in [1.29, 1.82) is 0 Å². The second-order valence-corrected chi connectivity index (χ2v) is 10.7. The molecular formula is C22H39NO. The minimum absolute atomic E-state index is 0.0298. The van der Waals surface area contributed by atoms with Gasteiger partial charge in [-0.25, -0.2) is 0 Å². The summed E-state index contributed by atoms with van der Waals surface area (Å²) in [6, 6.07) is 0.736. The largest absolute Gasteiger partial charge is 0.393 e. The molecule has 9 atom stereocenters. The standard InChI is InChI=1S/C22H39NO/c1-14-6-9-18-17-8-7-15-12-16(24)10-11-21(15,2)20(17)19(23(4)5)13-22(14,18)3/h14-20,24H,6-13H2,1-5H3/t14?,15?,16?,17-,18-,19?,20-,21-,22+/m0/s1. The maximum atomic E-state index is 10.2. The SMILES string of the molecule is CC1CC[C@H]2[C@@H]3CCC4CC(O)CC[C@]4(C)[C@@H]3C(N(C)C)C[C@]12C. The van der Waals surface area contributed by atoms with Crippen LogP contribution in [-0.2, 0) is 0 Å². The second-order valence-electron chi connectivity index (χ2n) is 10.7. The van der Waals surface area contributed by atoms with Gasteiger partial charge in [-0.05, 0) is 106 Å². The number of hydrogen-bond acceptors (Lipinski definition) is 2. The molecule has 0 aromatic rings. The maximum absolute atomic E-state index is 10.2. The maximum Gasteiger partial charge on any atom is 0.0543 e. The fourth-order valence-electron chi connectivity index (χ4n) is 8.11. The van der Waals surface area contributed by atoms with Gasteiger partial charge in [-0.15, -0.1) is 0 Å². The smallest absolute Gasteiger partial charge is 0.0543 e. The molecule has 2 nitrogen and oxygen atoms in total. The van der Waals surface area contributed by atoms with E-state index in [-0.39, 0.29) is 6.10 Å². The average molecular weight is 334 g/mol. The predicted molar refractivity (Wildman–Crippen MR) is 99.8 cm³/mol. The van der Waals surface area contributed by atoms with E-state index in [4.69, 9.17) is 0 Å². The Kier molecular flexibility index (Phi) is 4.12. The van der Waals surface area contributed by atoms with Crippen LogP contribution in [0.5, 0.6) is 0 Å². The van der Waals surface area contributed by atoms with Crippen LogP contribution in [-0.4, -0.2) is 36.2 Å². The Morgan fingerprint density at radius 3 is 2.42 bits per heavy atom. The molecule has 0 bridgehead atoms. The summed E-state index contributed by atoms with van der Waals surface area (Å²) >= 11 is 0. The van der Waals surface area contributed by atoms with Gasteiger partial charge >= 0.3 is 0 Å². The summed E-state index contributed by atoms with van der Waals surface area (Å²) in [4.78, 5) is 2.57. The van der Waals surface area contributed by atoms with Gasteiger partial charge in [0.25, 0.3) is 0 Å². The minimum atomic E-state index is -0.0298. The van der Waals surface area contributed by atoms with Crippen molar-refractivity contribution in [1.82, 2.24) is 4.90 Å². The molecule has 4 aliphatic carbocycles. The Balaban J connectivity index is 1.73. The first-order valence-electron chi connectivity index (χ1n) is 10.6. The van der Waals surface area contributed by atoms with Crippen molar-refractivity contribution in [3.63, 3.8) is 0 Å². The summed E-state index contributed by atoms with van der Waals surface area (Å²) in [5.41, 5.74) is 1.03. The third-order valence-electron chi connectivity index (χ3n) is 9.70. The molecule has 0 amide bonds. The normalized spacial score (nSPS) is 57.4. The van der Waals surface area contributed by atoms with Gasteiger partial charge in [0.05, 0.1) is 6.10 Å². The average Bonchev–Trinajstić information content (AvgIpc) is 2.82. The van der Waals surface area contributed by atoms with Crippen LogP contribution in [0.3, 0.4) is 0 Å². The van der Waals surface area contributed by atoms with Gasteiger partial charge in [-0.2, -0.15) is 0 Å². The molecule has 4 rings (SSSR count). The summed E-state index contributed by atoms with van der Waals surface area (Å²) in [5, 5.41) is 10.2. The fourth-order valence-corrected chi connectivity index (χ4v) is 8.11. The first-order chi connectivity index (χ1) is 11.3. The molecule has 0 spiro atoms. The highest BCUT2D eigenvalue weighted by Gasteiger charge is 2.62. The van der Waals surface area contributed by atoms with Crippen molar-refractivity contribution in [3.8, 4) is 0 Å². The lowest BCUT2D eigenvalue weighted by molar-refractivity contribution is -0.155. The molecule has 138 valence electrons. The van der Waals surface area contributed by atoms with Gasteiger partial charge in [0.15, 0.2) is 0 Å². The topological polar surface area (TPSA) is 23.5 Å². The van der Waals surface area contributed by atoms with Gasteiger partial charge in [-0.1, -0.05) is 20.8 Å². The molecule has 4 fully saturated rings. The first-order valence-corrected chi connectivity index (χ1v) is 10.6. The Labute approximate surface area is 149 Å². The number of fused-ring (bicyclic) bond motifs is 5. The fraction of sp³-hybridized carbons (Fsp3) is 1.00. The number of hydrogen-bond donors (Lipinski definition) is 1. The molecule has 24 heavy (non-hydrogen) atoms. The highest BCUT2D eigenvalue weighted by atomic mass is 16.3. The molecule has 0 aromatic carbocycles. The lowest BCUT2D eigenvalue weighted by Gasteiger charge is -2.64. The van der Waals surface area contributed by atoms with Gasteiger partial charge in [0.2, 0.25) is 0 Å². The molecule has 0 radical (unpaired) electrons. The zero-order valence-corrected chi connectivity index (χ0v) is 16.6. The minimum Gasteiger partial charge on any atom is -0.393 e. The highest BCUT2D eigenvalue weighted by Crippen LogP contribution is 2.67. The zero-order valence-electron chi connectivity index (χ0n) is 16.6. The summed E-state index contributed by atoms with van der Waals surface area (Å²) in [7, 11) is 4.66. The van der Waals surface area contributed by atoms with Crippen molar-refractivity contribution in [3.05, 3.63) is 0 Å². The highest BCUT2D eigenvalue weighted by molar-refractivity contribution is 5.12. The van der Waals surface area contributed by atoms with Crippen LogP contribution >= 0.6 is 0 Å². The van der Waals surface area contributed by atoms with Gasteiger partial charge in [-0.3, -0.25) is 0 Å². The zero-order chi connectivity index (χ0) is 17.3. The van der Waals surface area contributed by atoms with E-state index in [1.54, 1.807) is 0 Å². The van der Waals surface area contributed by atoms with E-state index in [0.717, 1.165) is 48.5 Å². The van der Waals surface area contributed by atoms with Crippen molar-refractivity contribution in [2.45, 2.75) is 84.3 Å². The van der Waals surface area contributed by atoms with Crippen LogP contribution in [0, 0.1) is 40.4 Å². The van der Waals surface area contributed by atoms with Crippen molar-refractivity contribution in [2.24, 2.45) is 40.4 Å². The lowest BCUT2D eigenvalue weighted by Crippen LogP contribution is -2.61. The first kappa shape index (κ1) is 17.3. The summed E-state index contributed by atoms with van der Waals surface area (Å²) in [6.07, 6.45) is 10.4. The van der Waals surface area contributed by atoms with Crippen molar-refractivity contribution < 1.29 is 5.11 Å².